The minimum absolute atomic E-state index is 0.0607. The van der Waals surface area contributed by atoms with Gasteiger partial charge in [-0.1, -0.05) is 31.5 Å². The Kier molecular flexibility index (Phi) is 2.34. The van der Waals surface area contributed by atoms with E-state index in [9.17, 15) is 4.39 Å². The Balaban J connectivity index is 2.18. The van der Waals surface area contributed by atoms with Crippen molar-refractivity contribution in [2.75, 3.05) is 0 Å². The van der Waals surface area contributed by atoms with E-state index in [0.717, 1.165) is 5.56 Å². The van der Waals surface area contributed by atoms with Crippen LogP contribution < -0.4 is 0 Å². The molecule has 2 rings (SSSR count). The molecule has 0 bridgehead atoms. The second-order valence-corrected chi connectivity index (χ2v) is 3.76. The van der Waals surface area contributed by atoms with E-state index in [1.54, 1.807) is 12.1 Å². The van der Waals surface area contributed by atoms with Gasteiger partial charge in [-0.25, -0.2) is 4.39 Å². The van der Waals surface area contributed by atoms with E-state index in [1.165, 1.54) is 25.2 Å². The Bertz CT molecular complexity index is 289. The Hall–Kier alpha value is -0.850. The van der Waals surface area contributed by atoms with Gasteiger partial charge in [-0.2, -0.15) is 0 Å². The number of benzene rings is 1. The van der Waals surface area contributed by atoms with Crippen LogP contribution in [0.4, 0.5) is 4.39 Å². The standard InChI is InChI=1S/C12H14F/c1-9(10-5-4-6-10)11-7-2-3-8-12(11)13/h2-3,7-9H,4-6H2,1H3. The van der Waals surface area contributed by atoms with Crippen LogP contribution in [0.5, 0.6) is 0 Å². The molecule has 0 amide bonds. The van der Waals surface area contributed by atoms with Gasteiger partial charge >= 0.3 is 0 Å². The third-order valence-corrected chi connectivity index (χ3v) is 2.98. The molecular weight excluding hydrogens is 163 g/mol. The average molecular weight is 177 g/mol. The van der Waals surface area contributed by atoms with Crippen LogP contribution >= 0.6 is 0 Å². The van der Waals surface area contributed by atoms with Crippen molar-refractivity contribution in [2.45, 2.75) is 32.1 Å². The Morgan fingerprint density at radius 2 is 1.92 bits per heavy atom. The smallest absolute Gasteiger partial charge is 0.126 e. The van der Waals surface area contributed by atoms with Gasteiger partial charge in [0.05, 0.1) is 0 Å². The van der Waals surface area contributed by atoms with Crippen molar-refractivity contribution in [2.24, 2.45) is 0 Å². The molecule has 0 aliphatic heterocycles. The summed E-state index contributed by atoms with van der Waals surface area (Å²) in [5.74, 6) is 1.76. The molecule has 0 heterocycles. The van der Waals surface area contributed by atoms with Crippen LogP contribution in [0.2, 0.25) is 0 Å². The molecule has 13 heavy (non-hydrogen) atoms. The molecule has 69 valence electrons. The van der Waals surface area contributed by atoms with E-state index in [1.807, 2.05) is 12.1 Å². The predicted octanol–water partition coefficient (Wildman–Crippen LogP) is 3.69. The van der Waals surface area contributed by atoms with E-state index in [0.29, 0.717) is 5.92 Å². The summed E-state index contributed by atoms with van der Waals surface area (Å²) >= 11 is 0. The molecular formula is C12H14F. The van der Waals surface area contributed by atoms with Gasteiger partial charge in [-0.3, -0.25) is 0 Å². The minimum Gasteiger partial charge on any atom is -0.207 e. The normalized spacial score (nSPS) is 19.5. The third kappa shape index (κ3) is 1.60. The van der Waals surface area contributed by atoms with Crippen LogP contribution in [-0.2, 0) is 0 Å². The maximum atomic E-state index is 13.3. The van der Waals surface area contributed by atoms with Crippen LogP contribution in [-0.4, -0.2) is 0 Å². The first-order chi connectivity index (χ1) is 6.29. The van der Waals surface area contributed by atoms with Crippen LogP contribution in [0.3, 0.4) is 0 Å². The maximum Gasteiger partial charge on any atom is 0.126 e. The summed E-state index contributed by atoms with van der Waals surface area (Å²) in [4.78, 5) is 0. The molecule has 1 heteroatoms. The third-order valence-electron chi connectivity index (χ3n) is 2.98. The number of hydrogen-bond acceptors (Lipinski definition) is 0. The number of halogens is 1. The second-order valence-electron chi connectivity index (χ2n) is 3.76. The molecule has 0 aromatic heterocycles. The Labute approximate surface area is 78.8 Å². The summed E-state index contributed by atoms with van der Waals surface area (Å²) in [5, 5.41) is 0. The summed E-state index contributed by atoms with van der Waals surface area (Å²) in [7, 11) is 0. The van der Waals surface area contributed by atoms with Gasteiger partial charge in [0, 0.05) is 0 Å². The van der Waals surface area contributed by atoms with Crippen molar-refractivity contribution in [3.63, 3.8) is 0 Å². The first-order valence-electron chi connectivity index (χ1n) is 4.88. The SMILES string of the molecule is CC([C]1CCC1)c1ccccc1F. The van der Waals surface area contributed by atoms with Crippen LogP contribution in [0, 0.1) is 11.7 Å². The topological polar surface area (TPSA) is 0 Å². The number of hydrogen-bond donors (Lipinski definition) is 0. The van der Waals surface area contributed by atoms with Crippen molar-refractivity contribution in [3.8, 4) is 0 Å². The van der Waals surface area contributed by atoms with Gasteiger partial charge in [0.2, 0.25) is 0 Å². The highest BCUT2D eigenvalue weighted by Gasteiger charge is 2.26. The molecule has 1 aromatic rings. The zero-order valence-corrected chi connectivity index (χ0v) is 7.89. The van der Waals surface area contributed by atoms with Crippen molar-refractivity contribution in [1.29, 1.82) is 0 Å². The first-order valence-corrected chi connectivity index (χ1v) is 4.88. The molecule has 0 saturated heterocycles. The van der Waals surface area contributed by atoms with E-state index in [2.05, 4.69) is 6.92 Å². The largest absolute Gasteiger partial charge is 0.207 e. The quantitative estimate of drug-likeness (QED) is 0.646. The number of rotatable bonds is 2. The highest BCUT2D eigenvalue weighted by Crippen LogP contribution is 2.41. The lowest BCUT2D eigenvalue weighted by molar-refractivity contribution is 0.469. The van der Waals surface area contributed by atoms with Crippen LogP contribution in [0.1, 0.15) is 37.7 Å². The summed E-state index contributed by atoms with van der Waals surface area (Å²) in [6.07, 6.45) is 3.67. The van der Waals surface area contributed by atoms with Gasteiger partial charge < -0.3 is 0 Å². The molecule has 0 nitrogen and oxygen atoms in total. The maximum absolute atomic E-state index is 13.3. The lowest BCUT2D eigenvalue weighted by atomic mass is 9.74. The first kappa shape index (κ1) is 8.74. The predicted molar refractivity (Wildman–Crippen MR) is 51.9 cm³/mol. The summed E-state index contributed by atoms with van der Waals surface area (Å²) in [6.45, 7) is 2.10. The van der Waals surface area contributed by atoms with Crippen molar-refractivity contribution in [3.05, 3.63) is 41.6 Å². The Morgan fingerprint density at radius 3 is 2.46 bits per heavy atom. The van der Waals surface area contributed by atoms with Gasteiger partial charge in [0.25, 0.3) is 0 Å². The van der Waals surface area contributed by atoms with Crippen molar-refractivity contribution >= 4 is 0 Å². The van der Waals surface area contributed by atoms with Gasteiger partial charge in [-0.05, 0) is 36.3 Å². The van der Waals surface area contributed by atoms with Crippen LogP contribution in [0.25, 0.3) is 0 Å². The molecule has 0 spiro atoms. The molecule has 1 saturated carbocycles. The highest BCUT2D eigenvalue weighted by atomic mass is 19.1. The van der Waals surface area contributed by atoms with E-state index >= 15 is 0 Å². The van der Waals surface area contributed by atoms with E-state index < -0.39 is 0 Å². The molecule has 1 unspecified atom stereocenters. The fourth-order valence-electron chi connectivity index (χ4n) is 1.86. The average Bonchev–Trinajstić information content (AvgIpc) is 2.01. The minimum atomic E-state index is -0.0607. The molecule has 1 aliphatic rings. The van der Waals surface area contributed by atoms with Crippen molar-refractivity contribution in [1.82, 2.24) is 0 Å². The van der Waals surface area contributed by atoms with Crippen molar-refractivity contribution < 1.29 is 4.39 Å². The highest BCUT2D eigenvalue weighted by molar-refractivity contribution is 5.28. The molecule has 0 N–H and O–H groups in total. The zero-order chi connectivity index (χ0) is 9.26. The summed E-state index contributed by atoms with van der Waals surface area (Å²) in [5.41, 5.74) is 0.859. The molecule has 1 aromatic carbocycles. The lowest BCUT2D eigenvalue weighted by Crippen LogP contribution is -2.16. The monoisotopic (exact) mass is 177 g/mol. The van der Waals surface area contributed by atoms with Crippen LogP contribution in [0.15, 0.2) is 24.3 Å². The fourth-order valence-corrected chi connectivity index (χ4v) is 1.86. The summed E-state index contributed by atoms with van der Waals surface area (Å²) < 4.78 is 13.3. The van der Waals surface area contributed by atoms with Gasteiger partial charge in [0.15, 0.2) is 0 Å². The molecule has 1 aliphatic carbocycles. The zero-order valence-electron chi connectivity index (χ0n) is 7.89. The van der Waals surface area contributed by atoms with E-state index in [4.69, 9.17) is 0 Å². The lowest BCUT2D eigenvalue weighted by Gasteiger charge is -2.31. The second kappa shape index (κ2) is 3.49. The fraction of sp³-hybridized carbons (Fsp3) is 0.417. The summed E-state index contributed by atoms with van der Waals surface area (Å²) in [6, 6.07) is 7.10. The van der Waals surface area contributed by atoms with Gasteiger partial charge in [0.1, 0.15) is 5.82 Å². The molecule has 1 radical (unpaired) electrons. The molecule has 1 fully saturated rings. The van der Waals surface area contributed by atoms with E-state index in [-0.39, 0.29) is 5.82 Å². The van der Waals surface area contributed by atoms with Gasteiger partial charge in [-0.15, -0.1) is 0 Å². The Morgan fingerprint density at radius 1 is 1.23 bits per heavy atom. The molecule has 1 atom stereocenters.